The summed E-state index contributed by atoms with van der Waals surface area (Å²) in [5, 5.41) is 2.92. The van der Waals surface area contributed by atoms with E-state index in [0.717, 1.165) is 16.7 Å². The maximum absolute atomic E-state index is 12.7. The molecule has 5 nitrogen and oxygen atoms in total. The van der Waals surface area contributed by atoms with E-state index < -0.39 is 0 Å². The first-order valence-electron chi connectivity index (χ1n) is 9.51. The number of anilines is 2. The molecule has 1 aliphatic rings. The van der Waals surface area contributed by atoms with Crippen molar-refractivity contribution in [3.8, 4) is 5.75 Å². The Morgan fingerprint density at radius 2 is 1.79 bits per heavy atom. The zero-order valence-corrected chi connectivity index (χ0v) is 16.4. The monoisotopic (exact) mass is 386 g/mol. The topological polar surface area (TPSA) is 58.6 Å². The summed E-state index contributed by atoms with van der Waals surface area (Å²) in [5.41, 5.74) is 5.10. The number of nitrogens with zero attached hydrogens (tertiary/aromatic N) is 1. The minimum Gasteiger partial charge on any atom is -0.482 e. The minimum absolute atomic E-state index is 0.00812. The lowest BCUT2D eigenvalue weighted by Crippen LogP contribution is -2.38. The summed E-state index contributed by atoms with van der Waals surface area (Å²) in [5.74, 6) is 0.328. The van der Waals surface area contributed by atoms with Gasteiger partial charge in [-0.25, -0.2) is 0 Å². The van der Waals surface area contributed by atoms with Crippen molar-refractivity contribution in [2.24, 2.45) is 0 Å². The predicted molar refractivity (Wildman–Crippen MR) is 113 cm³/mol. The number of carbonyl (C=O) groups is 2. The van der Waals surface area contributed by atoms with Crippen LogP contribution in [0.1, 0.15) is 27.0 Å². The van der Waals surface area contributed by atoms with Gasteiger partial charge in [0.15, 0.2) is 6.61 Å². The molecular formula is C24H22N2O3. The van der Waals surface area contributed by atoms with Crippen molar-refractivity contribution in [3.63, 3.8) is 0 Å². The van der Waals surface area contributed by atoms with Crippen LogP contribution in [0.3, 0.4) is 0 Å². The van der Waals surface area contributed by atoms with E-state index in [0.29, 0.717) is 29.2 Å². The van der Waals surface area contributed by atoms with Gasteiger partial charge in [-0.2, -0.15) is 0 Å². The standard InChI is InChI=1S/C24H22N2O3/c1-16-8-9-19(12-17(16)2)24(28)25-20-10-11-22-21(13-20)26(23(27)15-29-22)14-18-6-4-3-5-7-18/h3-13H,14-15H2,1-2H3,(H,25,28). The Balaban J connectivity index is 1.60. The smallest absolute Gasteiger partial charge is 0.265 e. The molecule has 4 rings (SSSR count). The number of benzene rings is 3. The van der Waals surface area contributed by atoms with Crippen molar-refractivity contribution >= 4 is 23.2 Å². The van der Waals surface area contributed by atoms with Gasteiger partial charge >= 0.3 is 0 Å². The SMILES string of the molecule is Cc1ccc(C(=O)Nc2ccc3c(c2)N(Cc2ccccc2)C(=O)CO3)cc1C. The van der Waals surface area contributed by atoms with Crippen molar-refractivity contribution in [1.29, 1.82) is 0 Å². The summed E-state index contributed by atoms with van der Waals surface area (Å²) in [6.07, 6.45) is 0. The van der Waals surface area contributed by atoms with E-state index >= 15 is 0 Å². The summed E-state index contributed by atoms with van der Waals surface area (Å²) in [4.78, 5) is 26.9. The van der Waals surface area contributed by atoms with E-state index in [2.05, 4.69) is 5.32 Å². The van der Waals surface area contributed by atoms with Crippen molar-refractivity contribution in [1.82, 2.24) is 0 Å². The van der Waals surface area contributed by atoms with Gasteiger partial charge in [0.05, 0.1) is 12.2 Å². The van der Waals surface area contributed by atoms with Crippen LogP contribution in [0, 0.1) is 13.8 Å². The molecule has 0 aromatic heterocycles. The molecule has 0 unspecified atom stereocenters. The molecule has 0 atom stereocenters. The van der Waals surface area contributed by atoms with Crippen LogP contribution in [-0.2, 0) is 11.3 Å². The Labute approximate surface area is 169 Å². The van der Waals surface area contributed by atoms with Crippen molar-refractivity contribution in [2.45, 2.75) is 20.4 Å². The third kappa shape index (κ3) is 3.99. The summed E-state index contributed by atoms with van der Waals surface area (Å²) in [7, 11) is 0. The van der Waals surface area contributed by atoms with Crippen molar-refractivity contribution in [3.05, 3.63) is 89.0 Å². The maximum atomic E-state index is 12.7. The highest BCUT2D eigenvalue weighted by Crippen LogP contribution is 2.35. The molecule has 1 heterocycles. The van der Waals surface area contributed by atoms with Crippen LogP contribution in [0.25, 0.3) is 0 Å². The maximum Gasteiger partial charge on any atom is 0.265 e. The molecule has 2 amide bonds. The van der Waals surface area contributed by atoms with Gasteiger partial charge in [0, 0.05) is 11.3 Å². The van der Waals surface area contributed by atoms with Gasteiger partial charge in [0.1, 0.15) is 5.75 Å². The molecule has 0 radical (unpaired) electrons. The zero-order valence-electron chi connectivity index (χ0n) is 16.4. The molecule has 0 spiro atoms. The molecule has 146 valence electrons. The molecule has 3 aromatic rings. The molecule has 0 bridgehead atoms. The molecule has 0 saturated heterocycles. The summed E-state index contributed by atoms with van der Waals surface area (Å²) >= 11 is 0. The van der Waals surface area contributed by atoms with E-state index in [1.54, 1.807) is 23.1 Å². The lowest BCUT2D eigenvalue weighted by molar-refractivity contribution is -0.121. The van der Waals surface area contributed by atoms with E-state index in [1.165, 1.54) is 0 Å². The predicted octanol–water partition coefficient (Wildman–Crippen LogP) is 4.48. The molecule has 0 saturated carbocycles. The average molecular weight is 386 g/mol. The number of nitrogens with one attached hydrogen (secondary N) is 1. The number of amides is 2. The molecule has 29 heavy (non-hydrogen) atoms. The van der Waals surface area contributed by atoms with Crippen LogP contribution in [0.4, 0.5) is 11.4 Å². The highest BCUT2D eigenvalue weighted by molar-refractivity contribution is 6.05. The number of fused-ring (bicyclic) bond motifs is 1. The first-order valence-corrected chi connectivity index (χ1v) is 9.51. The summed E-state index contributed by atoms with van der Waals surface area (Å²) in [6.45, 7) is 4.45. The van der Waals surface area contributed by atoms with Gasteiger partial charge in [0.2, 0.25) is 0 Å². The van der Waals surface area contributed by atoms with Gasteiger partial charge in [-0.1, -0.05) is 36.4 Å². The number of carbonyl (C=O) groups excluding carboxylic acids is 2. The third-order valence-electron chi connectivity index (χ3n) is 5.11. The van der Waals surface area contributed by atoms with Crippen molar-refractivity contribution in [2.75, 3.05) is 16.8 Å². The number of hydrogen-bond donors (Lipinski definition) is 1. The molecule has 0 aliphatic carbocycles. The van der Waals surface area contributed by atoms with Gasteiger partial charge in [-0.15, -0.1) is 0 Å². The van der Waals surface area contributed by atoms with Crippen LogP contribution in [-0.4, -0.2) is 18.4 Å². The number of aryl methyl sites for hydroxylation is 2. The van der Waals surface area contributed by atoms with Crippen LogP contribution in [0.5, 0.6) is 5.75 Å². The Kier molecular flexibility index (Phi) is 5.04. The number of ether oxygens (including phenoxy) is 1. The normalized spacial score (nSPS) is 12.9. The lowest BCUT2D eigenvalue weighted by atomic mass is 10.1. The minimum atomic E-state index is -0.189. The van der Waals surface area contributed by atoms with Gasteiger partial charge in [-0.3, -0.25) is 9.59 Å². The third-order valence-corrected chi connectivity index (χ3v) is 5.11. The van der Waals surface area contributed by atoms with E-state index in [9.17, 15) is 9.59 Å². The highest BCUT2D eigenvalue weighted by Gasteiger charge is 2.26. The van der Waals surface area contributed by atoms with Crippen LogP contribution in [0.2, 0.25) is 0 Å². The van der Waals surface area contributed by atoms with Gasteiger partial charge in [-0.05, 0) is 60.9 Å². The molecule has 3 aromatic carbocycles. The van der Waals surface area contributed by atoms with Crippen LogP contribution >= 0.6 is 0 Å². The fraction of sp³-hybridized carbons (Fsp3) is 0.167. The fourth-order valence-electron chi connectivity index (χ4n) is 3.31. The van der Waals surface area contributed by atoms with Crippen LogP contribution < -0.4 is 15.0 Å². The van der Waals surface area contributed by atoms with E-state index in [1.807, 2.05) is 62.4 Å². The average Bonchev–Trinajstić information content (AvgIpc) is 2.73. The number of hydrogen-bond acceptors (Lipinski definition) is 3. The Hall–Kier alpha value is -3.60. The second kappa shape index (κ2) is 7.80. The Bertz CT molecular complexity index is 1080. The van der Waals surface area contributed by atoms with Gasteiger partial charge < -0.3 is 15.0 Å². The van der Waals surface area contributed by atoms with Crippen LogP contribution in [0.15, 0.2) is 66.7 Å². The Morgan fingerprint density at radius 1 is 1.00 bits per heavy atom. The molecule has 0 fully saturated rings. The number of rotatable bonds is 4. The lowest BCUT2D eigenvalue weighted by Gasteiger charge is -2.30. The highest BCUT2D eigenvalue weighted by atomic mass is 16.5. The quantitative estimate of drug-likeness (QED) is 0.719. The summed E-state index contributed by atoms with van der Waals surface area (Å²) in [6, 6.07) is 20.8. The van der Waals surface area contributed by atoms with Crippen molar-refractivity contribution < 1.29 is 14.3 Å². The summed E-state index contributed by atoms with van der Waals surface area (Å²) < 4.78 is 5.57. The first kappa shape index (κ1) is 18.7. The second-order valence-corrected chi connectivity index (χ2v) is 7.19. The molecular weight excluding hydrogens is 364 g/mol. The largest absolute Gasteiger partial charge is 0.482 e. The Morgan fingerprint density at radius 3 is 2.55 bits per heavy atom. The van der Waals surface area contributed by atoms with E-state index in [4.69, 9.17) is 4.74 Å². The zero-order chi connectivity index (χ0) is 20.4. The molecule has 5 heteroatoms. The van der Waals surface area contributed by atoms with E-state index in [-0.39, 0.29) is 18.4 Å². The van der Waals surface area contributed by atoms with Gasteiger partial charge in [0.25, 0.3) is 11.8 Å². The first-order chi connectivity index (χ1) is 14.0. The molecule has 1 aliphatic heterocycles. The molecule has 1 N–H and O–H groups in total. The fourth-order valence-corrected chi connectivity index (χ4v) is 3.31. The second-order valence-electron chi connectivity index (χ2n) is 7.19.